The van der Waals surface area contributed by atoms with Crippen molar-refractivity contribution >= 4 is 11.8 Å². The molecule has 1 heterocycles. The summed E-state index contributed by atoms with van der Waals surface area (Å²) in [6.07, 6.45) is -0.511. The number of allylic oxidation sites excluding steroid dienone is 1. The van der Waals surface area contributed by atoms with E-state index >= 15 is 0 Å². The molecule has 2 aromatic rings. The Kier molecular flexibility index (Phi) is 4.46. The van der Waals surface area contributed by atoms with Gasteiger partial charge in [-0.1, -0.05) is 47.3 Å². The highest BCUT2D eigenvalue weighted by Gasteiger charge is 2.07. The molecular weight excluding hydrogens is 258 g/mol. The Labute approximate surface area is 107 Å². The first kappa shape index (κ1) is 12.8. The first-order valence-corrected chi connectivity index (χ1v) is 6.27. The molecule has 1 aromatic heterocycles. The molecule has 0 aliphatic rings. The van der Waals surface area contributed by atoms with Crippen molar-refractivity contribution in [1.29, 1.82) is 0 Å². The van der Waals surface area contributed by atoms with E-state index < -0.39 is 6.08 Å². The van der Waals surface area contributed by atoms with Gasteiger partial charge in [0, 0.05) is 11.3 Å². The van der Waals surface area contributed by atoms with Gasteiger partial charge in [-0.25, -0.2) is 0 Å². The summed E-state index contributed by atoms with van der Waals surface area (Å²) in [6, 6.07) is 9.42. The minimum absolute atomic E-state index is 0.274. The van der Waals surface area contributed by atoms with E-state index in [0.717, 1.165) is 11.6 Å². The maximum atomic E-state index is 11.8. The summed E-state index contributed by atoms with van der Waals surface area (Å²) in [6.45, 7) is 0. The third-order valence-electron chi connectivity index (χ3n) is 2.08. The van der Waals surface area contributed by atoms with Crippen molar-refractivity contribution in [3.05, 3.63) is 42.5 Å². The monoisotopic (exact) mass is 268 g/mol. The van der Waals surface area contributed by atoms with Crippen LogP contribution in [0.2, 0.25) is 0 Å². The molecule has 0 saturated heterocycles. The number of thioether (sulfide) groups is 1. The van der Waals surface area contributed by atoms with Crippen LogP contribution in [0.1, 0.15) is 6.42 Å². The Hall–Kier alpha value is -1.69. The van der Waals surface area contributed by atoms with Gasteiger partial charge in [-0.2, -0.15) is 13.8 Å². The Morgan fingerprint density at radius 3 is 2.78 bits per heavy atom. The smallest absolute Gasteiger partial charge is 0.286 e. The second-order valence-electron chi connectivity index (χ2n) is 3.38. The van der Waals surface area contributed by atoms with E-state index in [1.54, 1.807) is 0 Å². The molecule has 0 saturated carbocycles. The number of nitrogens with zero attached hydrogens (tertiary/aromatic N) is 2. The van der Waals surface area contributed by atoms with E-state index in [2.05, 4.69) is 10.1 Å². The van der Waals surface area contributed by atoms with Crippen molar-refractivity contribution in [2.45, 2.75) is 11.6 Å². The zero-order valence-corrected chi connectivity index (χ0v) is 10.2. The topological polar surface area (TPSA) is 38.9 Å². The summed E-state index contributed by atoms with van der Waals surface area (Å²) >= 11 is 1.26. The van der Waals surface area contributed by atoms with Crippen LogP contribution in [-0.4, -0.2) is 15.9 Å². The first-order valence-electron chi connectivity index (χ1n) is 5.29. The molecule has 0 radical (unpaired) electrons. The molecule has 2 rings (SSSR count). The Bertz CT molecular complexity index is 524. The lowest BCUT2D eigenvalue weighted by Crippen LogP contribution is -1.80. The fourth-order valence-corrected chi connectivity index (χ4v) is 1.94. The molecule has 0 fully saturated rings. The maximum Gasteiger partial charge on any atom is 0.286 e. The molecule has 18 heavy (non-hydrogen) atoms. The van der Waals surface area contributed by atoms with E-state index in [4.69, 9.17) is 4.52 Å². The third kappa shape index (κ3) is 3.66. The predicted molar refractivity (Wildman–Crippen MR) is 65.4 cm³/mol. The fourth-order valence-electron chi connectivity index (χ4n) is 1.29. The summed E-state index contributed by atoms with van der Waals surface area (Å²) in [4.78, 5) is 4.17. The second kappa shape index (κ2) is 6.30. The van der Waals surface area contributed by atoms with Crippen molar-refractivity contribution in [2.24, 2.45) is 0 Å². The summed E-state index contributed by atoms with van der Waals surface area (Å²) in [5.41, 5.74) is 0.864. The highest BCUT2D eigenvalue weighted by molar-refractivity contribution is 7.99. The Morgan fingerprint density at radius 2 is 2.06 bits per heavy atom. The molecule has 0 spiro atoms. The van der Waals surface area contributed by atoms with Crippen molar-refractivity contribution in [2.75, 3.05) is 5.75 Å². The van der Waals surface area contributed by atoms with Crippen LogP contribution in [0.25, 0.3) is 11.4 Å². The summed E-state index contributed by atoms with van der Waals surface area (Å²) in [5, 5.41) is 4.22. The van der Waals surface area contributed by atoms with Crippen molar-refractivity contribution in [1.82, 2.24) is 10.1 Å². The number of hydrogen-bond donors (Lipinski definition) is 0. The van der Waals surface area contributed by atoms with E-state index in [-0.39, 0.29) is 6.42 Å². The predicted octanol–water partition coefficient (Wildman–Crippen LogP) is 4.00. The molecule has 0 bridgehead atoms. The average molecular weight is 268 g/mol. The van der Waals surface area contributed by atoms with Gasteiger partial charge >= 0.3 is 0 Å². The molecule has 3 nitrogen and oxygen atoms in total. The van der Waals surface area contributed by atoms with E-state index in [1.807, 2.05) is 30.3 Å². The van der Waals surface area contributed by atoms with Gasteiger partial charge < -0.3 is 4.52 Å². The van der Waals surface area contributed by atoms with Crippen molar-refractivity contribution < 1.29 is 13.3 Å². The summed E-state index contributed by atoms with van der Waals surface area (Å²) < 4.78 is 28.6. The minimum Gasteiger partial charge on any atom is -0.327 e. The van der Waals surface area contributed by atoms with Crippen LogP contribution in [0, 0.1) is 0 Å². The Balaban J connectivity index is 1.93. The molecule has 0 N–H and O–H groups in total. The molecule has 0 amide bonds. The normalized spacial score (nSPS) is 10.3. The largest absolute Gasteiger partial charge is 0.327 e. The van der Waals surface area contributed by atoms with Gasteiger partial charge in [-0.15, -0.1) is 0 Å². The molecule has 6 heteroatoms. The molecule has 0 aliphatic carbocycles. The van der Waals surface area contributed by atoms with Gasteiger partial charge in [0.25, 0.3) is 11.3 Å². The highest BCUT2D eigenvalue weighted by atomic mass is 32.2. The van der Waals surface area contributed by atoms with Crippen LogP contribution in [0.4, 0.5) is 8.78 Å². The van der Waals surface area contributed by atoms with E-state index in [9.17, 15) is 8.78 Å². The van der Waals surface area contributed by atoms with Gasteiger partial charge in [0.2, 0.25) is 5.82 Å². The number of hydrogen-bond acceptors (Lipinski definition) is 4. The van der Waals surface area contributed by atoms with Crippen LogP contribution in [0.5, 0.6) is 0 Å². The zero-order chi connectivity index (χ0) is 12.8. The quantitative estimate of drug-likeness (QED) is 0.607. The van der Waals surface area contributed by atoms with Gasteiger partial charge in [-0.3, -0.25) is 0 Å². The fraction of sp³-hybridized carbons (Fsp3) is 0.167. The number of halogens is 2. The van der Waals surface area contributed by atoms with Crippen LogP contribution in [0.3, 0.4) is 0 Å². The van der Waals surface area contributed by atoms with Crippen molar-refractivity contribution in [3.8, 4) is 11.4 Å². The second-order valence-corrected chi connectivity index (χ2v) is 4.43. The number of benzene rings is 1. The molecule has 94 valence electrons. The molecular formula is C12H10F2N2OS. The lowest BCUT2D eigenvalue weighted by molar-refractivity contribution is 0.341. The number of rotatable bonds is 5. The summed E-state index contributed by atoms with van der Waals surface area (Å²) in [5.74, 6) is 0.985. The van der Waals surface area contributed by atoms with Crippen LogP contribution >= 0.6 is 11.8 Å². The number of aromatic nitrogens is 2. The van der Waals surface area contributed by atoms with Gasteiger partial charge in [0.1, 0.15) is 0 Å². The minimum atomic E-state index is -1.66. The zero-order valence-electron chi connectivity index (χ0n) is 9.35. The maximum absolute atomic E-state index is 11.8. The lowest BCUT2D eigenvalue weighted by Gasteiger charge is -1.91. The SMILES string of the molecule is FC(F)=CCCSc1nc(-c2ccccc2)no1. The summed E-state index contributed by atoms with van der Waals surface area (Å²) in [7, 11) is 0. The van der Waals surface area contributed by atoms with Crippen LogP contribution in [-0.2, 0) is 0 Å². The third-order valence-corrected chi connectivity index (χ3v) is 2.93. The van der Waals surface area contributed by atoms with E-state index in [0.29, 0.717) is 16.8 Å². The Morgan fingerprint density at radius 1 is 1.28 bits per heavy atom. The molecule has 0 atom stereocenters. The van der Waals surface area contributed by atoms with Crippen LogP contribution < -0.4 is 0 Å². The lowest BCUT2D eigenvalue weighted by atomic mass is 10.2. The first-order chi connectivity index (χ1) is 8.75. The molecule has 0 aliphatic heterocycles. The van der Waals surface area contributed by atoms with Gasteiger partial charge in [0.05, 0.1) is 0 Å². The van der Waals surface area contributed by atoms with Crippen molar-refractivity contribution in [3.63, 3.8) is 0 Å². The highest BCUT2D eigenvalue weighted by Crippen LogP contribution is 2.21. The van der Waals surface area contributed by atoms with E-state index in [1.165, 1.54) is 11.8 Å². The van der Waals surface area contributed by atoms with Gasteiger partial charge in [0.15, 0.2) is 0 Å². The molecule has 0 unspecified atom stereocenters. The average Bonchev–Trinajstić information content (AvgIpc) is 2.84. The van der Waals surface area contributed by atoms with Gasteiger partial charge in [-0.05, 0) is 12.5 Å². The molecule has 1 aromatic carbocycles. The standard InChI is InChI=1S/C12H10F2N2OS/c13-10(14)7-4-8-18-12-15-11(16-17-12)9-5-2-1-3-6-9/h1-3,5-7H,4,8H2. The van der Waals surface area contributed by atoms with Crippen LogP contribution in [0.15, 0.2) is 52.2 Å².